The van der Waals surface area contributed by atoms with Crippen molar-refractivity contribution in [3.63, 3.8) is 0 Å². The van der Waals surface area contributed by atoms with Gasteiger partial charge in [-0.25, -0.2) is 0 Å². The molecule has 1 atom stereocenters. The molecule has 1 saturated carbocycles. The van der Waals surface area contributed by atoms with Crippen LogP contribution in [0.15, 0.2) is 24.3 Å². The molecule has 3 nitrogen and oxygen atoms in total. The van der Waals surface area contributed by atoms with E-state index in [0.29, 0.717) is 19.2 Å². The molecule has 0 radical (unpaired) electrons. The number of para-hydroxylation sites is 1. The van der Waals surface area contributed by atoms with E-state index in [9.17, 15) is 5.11 Å². The summed E-state index contributed by atoms with van der Waals surface area (Å²) in [5.41, 5.74) is 0.891. The minimum Gasteiger partial charge on any atom is -0.493 e. The molecule has 1 aliphatic rings. The standard InChI is InChI=1S/C14H21NO2/c1-3-17-14-7-5-4-6-12(14)13(16)10-15(2)11-8-9-11/h4-7,11,13,16H,3,8-10H2,1-2H3. The maximum atomic E-state index is 10.3. The Morgan fingerprint density at radius 1 is 1.41 bits per heavy atom. The SMILES string of the molecule is CCOc1ccccc1C(O)CN(C)C1CC1. The molecule has 1 aliphatic carbocycles. The lowest BCUT2D eigenvalue weighted by molar-refractivity contribution is 0.120. The van der Waals surface area contributed by atoms with Crippen molar-refractivity contribution in [3.8, 4) is 5.75 Å². The summed E-state index contributed by atoms with van der Waals surface area (Å²) in [7, 11) is 2.07. The number of nitrogens with zero attached hydrogens (tertiary/aromatic N) is 1. The Morgan fingerprint density at radius 2 is 2.12 bits per heavy atom. The zero-order chi connectivity index (χ0) is 12.3. The summed E-state index contributed by atoms with van der Waals surface area (Å²) in [5, 5.41) is 10.3. The van der Waals surface area contributed by atoms with Gasteiger partial charge in [-0.1, -0.05) is 18.2 Å². The Kier molecular flexibility index (Phi) is 4.02. The van der Waals surface area contributed by atoms with Crippen LogP contribution in [0.25, 0.3) is 0 Å². The van der Waals surface area contributed by atoms with Crippen molar-refractivity contribution < 1.29 is 9.84 Å². The van der Waals surface area contributed by atoms with Gasteiger partial charge in [0.15, 0.2) is 0 Å². The topological polar surface area (TPSA) is 32.7 Å². The highest BCUT2D eigenvalue weighted by atomic mass is 16.5. The molecule has 1 fully saturated rings. The Morgan fingerprint density at radius 3 is 2.76 bits per heavy atom. The molecule has 0 heterocycles. The number of rotatable bonds is 6. The van der Waals surface area contributed by atoms with Gasteiger partial charge in [-0.05, 0) is 32.9 Å². The molecule has 3 heteroatoms. The van der Waals surface area contributed by atoms with Gasteiger partial charge in [-0.15, -0.1) is 0 Å². The maximum Gasteiger partial charge on any atom is 0.125 e. The molecule has 0 aliphatic heterocycles. The molecule has 1 aromatic rings. The highest BCUT2D eigenvalue weighted by molar-refractivity contribution is 5.35. The van der Waals surface area contributed by atoms with Gasteiger partial charge in [0.2, 0.25) is 0 Å². The van der Waals surface area contributed by atoms with Crippen molar-refractivity contribution in [2.24, 2.45) is 0 Å². The van der Waals surface area contributed by atoms with Crippen LogP contribution in [0.2, 0.25) is 0 Å². The summed E-state index contributed by atoms with van der Waals surface area (Å²) in [5.74, 6) is 0.798. The van der Waals surface area contributed by atoms with Crippen LogP contribution in [-0.4, -0.2) is 36.2 Å². The van der Waals surface area contributed by atoms with Gasteiger partial charge in [0, 0.05) is 18.2 Å². The third kappa shape index (κ3) is 3.20. The quantitative estimate of drug-likeness (QED) is 0.820. The second kappa shape index (κ2) is 5.52. The molecule has 1 N–H and O–H groups in total. The number of hydrogen-bond donors (Lipinski definition) is 1. The second-order valence-corrected chi connectivity index (χ2v) is 4.66. The van der Waals surface area contributed by atoms with Gasteiger partial charge in [-0.2, -0.15) is 0 Å². The van der Waals surface area contributed by atoms with E-state index in [1.807, 2.05) is 31.2 Å². The van der Waals surface area contributed by atoms with E-state index in [2.05, 4.69) is 11.9 Å². The van der Waals surface area contributed by atoms with E-state index in [4.69, 9.17) is 4.74 Å². The highest BCUT2D eigenvalue weighted by Crippen LogP contribution is 2.30. The summed E-state index contributed by atoms with van der Waals surface area (Å²) < 4.78 is 5.54. The largest absolute Gasteiger partial charge is 0.493 e. The van der Waals surface area contributed by atoms with Crippen LogP contribution in [0, 0.1) is 0 Å². The lowest BCUT2D eigenvalue weighted by Crippen LogP contribution is -2.26. The fourth-order valence-corrected chi connectivity index (χ4v) is 2.08. The fraction of sp³-hybridized carbons (Fsp3) is 0.571. The van der Waals surface area contributed by atoms with Crippen molar-refractivity contribution in [2.45, 2.75) is 31.9 Å². The van der Waals surface area contributed by atoms with Crippen LogP contribution in [0.5, 0.6) is 5.75 Å². The lowest BCUT2D eigenvalue weighted by atomic mass is 10.1. The molecule has 0 amide bonds. The van der Waals surface area contributed by atoms with E-state index < -0.39 is 6.10 Å². The minimum atomic E-state index is -0.469. The van der Waals surface area contributed by atoms with E-state index >= 15 is 0 Å². The molecule has 1 aromatic carbocycles. The van der Waals surface area contributed by atoms with Crippen molar-refractivity contribution in [1.82, 2.24) is 4.90 Å². The Bertz CT molecular complexity index is 363. The van der Waals surface area contributed by atoms with Crippen molar-refractivity contribution in [1.29, 1.82) is 0 Å². The number of hydrogen-bond acceptors (Lipinski definition) is 3. The Balaban J connectivity index is 2.03. The summed E-state index contributed by atoms with van der Waals surface area (Å²) in [6, 6.07) is 8.41. The molecular weight excluding hydrogens is 214 g/mol. The van der Waals surface area contributed by atoms with Gasteiger partial charge in [0.05, 0.1) is 12.7 Å². The predicted molar refractivity (Wildman–Crippen MR) is 68.2 cm³/mol. The minimum absolute atomic E-state index is 0.469. The average Bonchev–Trinajstić information content (AvgIpc) is 3.13. The third-order valence-corrected chi connectivity index (χ3v) is 3.21. The summed E-state index contributed by atoms with van der Waals surface area (Å²) in [6.07, 6.45) is 2.05. The van der Waals surface area contributed by atoms with Crippen LogP contribution in [0.3, 0.4) is 0 Å². The van der Waals surface area contributed by atoms with E-state index in [1.54, 1.807) is 0 Å². The number of benzene rings is 1. The first-order valence-electron chi connectivity index (χ1n) is 6.32. The third-order valence-electron chi connectivity index (χ3n) is 3.21. The smallest absolute Gasteiger partial charge is 0.125 e. The van der Waals surface area contributed by atoms with Crippen LogP contribution in [0.4, 0.5) is 0 Å². The molecule has 0 spiro atoms. The normalized spacial score (nSPS) is 17.2. The molecule has 0 aromatic heterocycles. The zero-order valence-electron chi connectivity index (χ0n) is 10.6. The Hall–Kier alpha value is -1.06. The number of aliphatic hydroxyl groups excluding tert-OH is 1. The van der Waals surface area contributed by atoms with Crippen LogP contribution in [0.1, 0.15) is 31.4 Å². The first-order chi connectivity index (χ1) is 8.22. The maximum absolute atomic E-state index is 10.3. The molecule has 17 heavy (non-hydrogen) atoms. The van der Waals surface area contributed by atoms with Crippen molar-refractivity contribution >= 4 is 0 Å². The average molecular weight is 235 g/mol. The monoisotopic (exact) mass is 235 g/mol. The molecule has 94 valence electrons. The fourth-order valence-electron chi connectivity index (χ4n) is 2.08. The molecule has 2 rings (SSSR count). The zero-order valence-corrected chi connectivity index (χ0v) is 10.6. The van der Waals surface area contributed by atoms with Gasteiger partial charge < -0.3 is 14.7 Å². The highest BCUT2D eigenvalue weighted by Gasteiger charge is 2.28. The van der Waals surface area contributed by atoms with Gasteiger partial charge >= 0.3 is 0 Å². The van der Waals surface area contributed by atoms with Gasteiger partial charge in [-0.3, -0.25) is 0 Å². The molecule has 0 bridgehead atoms. The molecule has 1 unspecified atom stereocenters. The summed E-state index contributed by atoms with van der Waals surface area (Å²) in [6.45, 7) is 3.26. The van der Waals surface area contributed by atoms with E-state index in [1.165, 1.54) is 12.8 Å². The van der Waals surface area contributed by atoms with Gasteiger partial charge in [0.1, 0.15) is 5.75 Å². The van der Waals surface area contributed by atoms with Crippen molar-refractivity contribution in [3.05, 3.63) is 29.8 Å². The lowest BCUT2D eigenvalue weighted by Gasteiger charge is -2.21. The Labute approximate surface area is 103 Å². The summed E-state index contributed by atoms with van der Waals surface area (Å²) >= 11 is 0. The van der Waals surface area contributed by atoms with Crippen LogP contribution >= 0.6 is 0 Å². The number of aliphatic hydroxyl groups is 1. The first-order valence-corrected chi connectivity index (χ1v) is 6.32. The summed E-state index contributed by atoms with van der Waals surface area (Å²) in [4.78, 5) is 2.23. The van der Waals surface area contributed by atoms with Crippen molar-refractivity contribution in [2.75, 3.05) is 20.2 Å². The number of likely N-dealkylation sites (N-methyl/N-ethyl adjacent to an activating group) is 1. The first kappa shape index (κ1) is 12.4. The van der Waals surface area contributed by atoms with Crippen LogP contribution < -0.4 is 4.74 Å². The molecular formula is C14H21NO2. The van der Waals surface area contributed by atoms with E-state index in [-0.39, 0.29) is 0 Å². The van der Waals surface area contributed by atoms with Gasteiger partial charge in [0.25, 0.3) is 0 Å². The molecule has 0 saturated heterocycles. The predicted octanol–water partition coefficient (Wildman–Crippen LogP) is 2.21. The second-order valence-electron chi connectivity index (χ2n) is 4.66. The number of ether oxygens (including phenoxy) is 1. The van der Waals surface area contributed by atoms with Crippen LogP contribution in [-0.2, 0) is 0 Å². The van der Waals surface area contributed by atoms with E-state index in [0.717, 1.165) is 11.3 Å².